The van der Waals surface area contributed by atoms with Crippen LogP contribution in [-0.4, -0.2) is 22.6 Å². The monoisotopic (exact) mass is 362 g/mol. The zero-order valence-electron chi connectivity index (χ0n) is 11.4. The van der Waals surface area contributed by atoms with Gasteiger partial charge in [0.1, 0.15) is 6.54 Å². The Kier molecular flexibility index (Phi) is 5.38. The van der Waals surface area contributed by atoms with E-state index in [0.717, 1.165) is 22.3 Å². The zero-order chi connectivity index (χ0) is 17.0. The minimum Gasteiger partial charge on any atom is -0.480 e. The SMILES string of the molecule is O=C(O)CN(Sc1ccccc1)c1cc(C(F)(F)F)cnc1Cl. The first-order chi connectivity index (χ1) is 10.8. The maximum Gasteiger partial charge on any atom is 0.417 e. The molecule has 0 aliphatic carbocycles. The Hall–Kier alpha value is -1.93. The van der Waals surface area contributed by atoms with E-state index < -0.39 is 24.3 Å². The van der Waals surface area contributed by atoms with Gasteiger partial charge in [-0.15, -0.1) is 0 Å². The molecule has 2 aromatic rings. The maximum atomic E-state index is 12.8. The molecule has 0 amide bonds. The number of alkyl halides is 3. The van der Waals surface area contributed by atoms with Crippen LogP contribution in [0.1, 0.15) is 5.56 Å². The van der Waals surface area contributed by atoms with Crippen molar-refractivity contribution in [3.05, 3.63) is 53.3 Å². The summed E-state index contributed by atoms with van der Waals surface area (Å²) in [5, 5.41) is 8.80. The summed E-state index contributed by atoms with van der Waals surface area (Å²) in [7, 11) is 0. The summed E-state index contributed by atoms with van der Waals surface area (Å²) in [6.45, 7) is -0.539. The second kappa shape index (κ2) is 7.10. The molecule has 0 aliphatic heterocycles. The van der Waals surface area contributed by atoms with Crippen LogP contribution in [0.15, 0.2) is 47.5 Å². The lowest BCUT2D eigenvalue weighted by Crippen LogP contribution is -2.24. The molecule has 1 aromatic heterocycles. The van der Waals surface area contributed by atoms with Crippen LogP contribution in [0.2, 0.25) is 5.15 Å². The van der Waals surface area contributed by atoms with Crippen molar-refractivity contribution in [3.63, 3.8) is 0 Å². The van der Waals surface area contributed by atoms with Crippen LogP contribution in [0.3, 0.4) is 0 Å². The average molecular weight is 363 g/mol. The van der Waals surface area contributed by atoms with Crippen molar-refractivity contribution in [2.75, 3.05) is 10.8 Å². The normalized spacial score (nSPS) is 11.3. The number of carboxylic acid groups (broad SMARTS) is 1. The second-order valence-electron chi connectivity index (χ2n) is 4.37. The number of nitrogens with zero attached hydrogens (tertiary/aromatic N) is 2. The van der Waals surface area contributed by atoms with E-state index in [4.69, 9.17) is 16.7 Å². The topological polar surface area (TPSA) is 53.4 Å². The van der Waals surface area contributed by atoms with Crippen molar-refractivity contribution >= 4 is 35.2 Å². The molecule has 0 atom stereocenters. The molecule has 9 heteroatoms. The molecule has 0 radical (unpaired) electrons. The highest BCUT2D eigenvalue weighted by Gasteiger charge is 2.32. The van der Waals surface area contributed by atoms with Crippen molar-refractivity contribution in [2.45, 2.75) is 11.1 Å². The molecule has 0 aliphatic rings. The Balaban J connectivity index is 2.40. The van der Waals surface area contributed by atoms with Crippen molar-refractivity contribution in [1.82, 2.24) is 4.98 Å². The van der Waals surface area contributed by atoms with E-state index in [2.05, 4.69) is 4.98 Å². The van der Waals surface area contributed by atoms with Gasteiger partial charge in [-0.05, 0) is 30.1 Å². The molecule has 1 N–H and O–H groups in total. The molecule has 0 saturated carbocycles. The maximum absolute atomic E-state index is 12.8. The summed E-state index contributed by atoms with van der Waals surface area (Å²) in [4.78, 5) is 15.2. The summed E-state index contributed by atoms with van der Waals surface area (Å²) in [5.41, 5.74) is -1.11. The van der Waals surface area contributed by atoms with E-state index in [0.29, 0.717) is 11.1 Å². The van der Waals surface area contributed by atoms with E-state index in [1.807, 2.05) is 0 Å². The molecule has 0 unspecified atom stereocenters. The van der Waals surface area contributed by atoms with Crippen LogP contribution in [0.25, 0.3) is 0 Å². The molecular weight excluding hydrogens is 353 g/mol. The van der Waals surface area contributed by atoms with Gasteiger partial charge in [-0.3, -0.25) is 9.10 Å². The number of anilines is 1. The lowest BCUT2D eigenvalue weighted by molar-refractivity contribution is -0.137. The summed E-state index contributed by atoms with van der Waals surface area (Å²) < 4.78 is 39.6. The zero-order valence-corrected chi connectivity index (χ0v) is 13.0. The number of hydrogen-bond acceptors (Lipinski definition) is 4. The van der Waals surface area contributed by atoms with Crippen LogP contribution in [-0.2, 0) is 11.0 Å². The highest BCUT2D eigenvalue weighted by atomic mass is 35.5. The van der Waals surface area contributed by atoms with Crippen LogP contribution in [0, 0.1) is 0 Å². The molecule has 4 nitrogen and oxygen atoms in total. The van der Waals surface area contributed by atoms with Gasteiger partial charge in [-0.2, -0.15) is 13.2 Å². The third kappa shape index (κ3) is 4.77. The van der Waals surface area contributed by atoms with Crippen molar-refractivity contribution < 1.29 is 23.1 Å². The van der Waals surface area contributed by atoms with E-state index in [1.54, 1.807) is 30.3 Å². The minimum atomic E-state index is -4.60. The molecule has 0 spiro atoms. The van der Waals surface area contributed by atoms with Gasteiger partial charge < -0.3 is 5.11 Å². The van der Waals surface area contributed by atoms with Gasteiger partial charge in [-0.25, -0.2) is 4.98 Å². The molecule has 122 valence electrons. The van der Waals surface area contributed by atoms with Crippen LogP contribution in [0.5, 0.6) is 0 Å². The number of rotatable bonds is 5. The van der Waals surface area contributed by atoms with Crippen LogP contribution >= 0.6 is 23.5 Å². The highest BCUT2D eigenvalue weighted by molar-refractivity contribution is 8.00. The number of hydrogen-bond donors (Lipinski definition) is 1. The van der Waals surface area contributed by atoms with Gasteiger partial charge in [0.2, 0.25) is 0 Å². The number of carboxylic acids is 1. The average Bonchev–Trinajstić information content (AvgIpc) is 2.46. The fourth-order valence-corrected chi connectivity index (χ4v) is 2.87. The fraction of sp³-hybridized carbons (Fsp3) is 0.143. The van der Waals surface area contributed by atoms with Gasteiger partial charge in [0.25, 0.3) is 0 Å². The van der Waals surface area contributed by atoms with E-state index in [1.165, 1.54) is 0 Å². The van der Waals surface area contributed by atoms with Crippen molar-refractivity contribution in [3.8, 4) is 0 Å². The number of aromatic nitrogens is 1. The molecule has 23 heavy (non-hydrogen) atoms. The number of benzene rings is 1. The van der Waals surface area contributed by atoms with Crippen LogP contribution in [0.4, 0.5) is 18.9 Å². The molecule has 2 rings (SSSR count). The Morgan fingerprint density at radius 2 is 1.96 bits per heavy atom. The first-order valence-corrected chi connectivity index (χ1v) is 7.37. The first kappa shape index (κ1) is 17.4. The summed E-state index contributed by atoms with van der Waals surface area (Å²) in [5.74, 6) is -1.21. The summed E-state index contributed by atoms with van der Waals surface area (Å²) >= 11 is 6.83. The molecule has 1 heterocycles. The van der Waals surface area contributed by atoms with Crippen molar-refractivity contribution in [1.29, 1.82) is 0 Å². The number of aliphatic carboxylic acids is 1. The Morgan fingerprint density at radius 1 is 1.30 bits per heavy atom. The second-order valence-corrected chi connectivity index (χ2v) is 5.82. The summed E-state index contributed by atoms with van der Waals surface area (Å²) in [6.07, 6.45) is -3.99. The quantitative estimate of drug-likeness (QED) is 0.633. The van der Waals surface area contributed by atoms with E-state index in [-0.39, 0.29) is 10.8 Å². The Labute approximate surface area is 139 Å². The first-order valence-electron chi connectivity index (χ1n) is 6.22. The minimum absolute atomic E-state index is 0.113. The number of halogens is 4. The molecule has 0 saturated heterocycles. The Bertz CT molecular complexity index is 698. The third-order valence-electron chi connectivity index (χ3n) is 2.65. The van der Waals surface area contributed by atoms with Crippen molar-refractivity contribution in [2.24, 2.45) is 0 Å². The lowest BCUT2D eigenvalue weighted by Gasteiger charge is -2.23. The predicted molar refractivity (Wildman–Crippen MR) is 81.5 cm³/mol. The van der Waals surface area contributed by atoms with Gasteiger partial charge in [0.15, 0.2) is 5.15 Å². The van der Waals surface area contributed by atoms with E-state index in [9.17, 15) is 18.0 Å². The standard InChI is InChI=1S/C14H10ClF3N2O2S/c15-13-11(6-9(7-19-13)14(16,17)18)20(8-12(21)22)23-10-4-2-1-3-5-10/h1-7H,8H2,(H,21,22). The predicted octanol–water partition coefficient (Wildman–Crippen LogP) is 4.35. The fourth-order valence-electron chi connectivity index (χ4n) is 1.66. The van der Waals surface area contributed by atoms with Gasteiger partial charge in [0, 0.05) is 11.1 Å². The molecule has 1 aromatic carbocycles. The molecule has 0 fully saturated rings. The third-order valence-corrected chi connectivity index (χ3v) is 3.97. The van der Waals surface area contributed by atoms with Gasteiger partial charge >= 0.3 is 12.1 Å². The van der Waals surface area contributed by atoms with Gasteiger partial charge in [-0.1, -0.05) is 29.8 Å². The van der Waals surface area contributed by atoms with Gasteiger partial charge in [0.05, 0.1) is 11.3 Å². The number of carbonyl (C=O) groups is 1. The van der Waals surface area contributed by atoms with Crippen LogP contribution < -0.4 is 4.31 Å². The highest BCUT2D eigenvalue weighted by Crippen LogP contribution is 2.37. The molecular formula is C14H10ClF3N2O2S. The Morgan fingerprint density at radius 3 is 2.52 bits per heavy atom. The van der Waals surface area contributed by atoms with E-state index >= 15 is 0 Å². The number of pyridine rings is 1. The smallest absolute Gasteiger partial charge is 0.417 e. The largest absolute Gasteiger partial charge is 0.480 e. The lowest BCUT2D eigenvalue weighted by atomic mass is 10.2. The summed E-state index contributed by atoms with van der Waals surface area (Å²) in [6, 6.07) is 9.42. The molecule has 0 bridgehead atoms.